The van der Waals surface area contributed by atoms with E-state index in [-0.39, 0.29) is 22.5 Å². The molecule has 1 aliphatic rings. The molecule has 0 aliphatic carbocycles. The molecule has 150 valence electrons. The van der Waals surface area contributed by atoms with Gasteiger partial charge < -0.3 is 10.6 Å². The number of rotatable bonds is 4. The van der Waals surface area contributed by atoms with Gasteiger partial charge >= 0.3 is 12.1 Å². The number of nitrogens with one attached hydrogen (secondary N) is 2. The Hall–Kier alpha value is -3.69. The summed E-state index contributed by atoms with van der Waals surface area (Å²) in [7, 11) is 0. The highest BCUT2D eigenvalue weighted by molar-refractivity contribution is 6.23. The molecule has 2 N–H and O–H groups in total. The summed E-state index contributed by atoms with van der Waals surface area (Å²) >= 11 is 0. The van der Waals surface area contributed by atoms with Crippen LogP contribution in [0.5, 0.6) is 0 Å². The molecule has 1 aliphatic heterocycles. The molecular formula is C19H14F3N3O4. The van der Waals surface area contributed by atoms with Crippen LogP contribution >= 0.6 is 0 Å². The van der Waals surface area contributed by atoms with Gasteiger partial charge in [-0.25, -0.2) is 0 Å². The van der Waals surface area contributed by atoms with Gasteiger partial charge in [-0.3, -0.25) is 24.1 Å². The van der Waals surface area contributed by atoms with Crippen molar-refractivity contribution in [2.45, 2.75) is 19.1 Å². The summed E-state index contributed by atoms with van der Waals surface area (Å²) < 4.78 is 37.1. The first-order valence-corrected chi connectivity index (χ1v) is 8.35. The minimum atomic E-state index is -5.06. The molecule has 0 aromatic heterocycles. The zero-order chi connectivity index (χ0) is 21.3. The maximum atomic E-state index is 12.5. The van der Waals surface area contributed by atoms with Gasteiger partial charge in [0.05, 0.1) is 11.1 Å². The van der Waals surface area contributed by atoms with Crippen molar-refractivity contribution in [3.05, 3.63) is 59.7 Å². The number of imide groups is 1. The molecule has 10 heteroatoms. The van der Waals surface area contributed by atoms with E-state index in [2.05, 4.69) is 5.32 Å². The van der Waals surface area contributed by atoms with Crippen molar-refractivity contribution in [1.82, 2.24) is 4.90 Å². The van der Waals surface area contributed by atoms with Crippen LogP contribution in [0.25, 0.3) is 0 Å². The van der Waals surface area contributed by atoms with Gasteiger partial charge in [-0.05, 0) is 37.3 Å². The maximum absolute atomic E-state index is 12.5. The highest BCUT2D eigenvalue weighted by atomic mass is 19.4. The molecule has 1 atom stereocenters. The Morgan fingerprint density at radius 3 is 1.93 bits per heavy atom. The number of hydrogen-bond donors (Lipinski definition) is 2. The number of alkyl halides is 3. The van der Waals surface area contributed by atoms with E-state index >= 15 is 0 Å². The van der Waals surface area contributed by atoms with E-state index in [0.29, 0.717) is 0 Å². The molecule has 3 rings (SSSR count). The van der Waals surface area contributed by atoms with Crippen molar-refractivity contribution >= 4 is 35.0 Å². The summed E-state index contributed by atoms with van der Waals surface area (Å²) in [6, 6.07) is 10.0. The molecule has 0 spiro atoms. The minimum absolute atomic E-state index is 0.0819. The van der Waals surface area contributed by atoms with Crippen molar-refractivity contribution in [3.63, 3.8) is 0 Å². The predicted molar refractivity (Wildman–Crippen MR) is 96.2 cm³/mol. The molecule has 4 amide bonds. The third-order valence-electron chi connectivity index (χ3n) is 4.24. The summed E-state index contributed by atoms with van der Waals surface area (Å²) in [5.74, 6) is -4.10. The second-order valence-corrected chi connectivity index (χ2v) is 6.22. The topological polar surface area (TPSA) is 95.6 Å². The molecule has 29 heavy (non-hydrogen) atoms. The molecule has 7 nitrogen and oxygen atoms in total. The summed E-state index contributed by atoms with van der Waals surface area (Å²) in [5.41, 5.74) is 0.278. The van der Waals surface area contributed by atoms with E-state index in [1.165, 1.54) is 37.3 Å². The zero-order valence-corrected chi connectivity index (χ0v) is 14.9. The fourth-order valence-electron chi connectivity index (χ4n) is 2.80. The second-order valence-electron chi connectivity index (χ2n) is 6.22. The summed E-state index contributed by atoms with van der Waals surface area (Å²) in [5, 5.41) is 4.09. The van der Waals surface area contributed by atoms with Gasteiger partial charge in [-0.2, -0.15) is 13.2 Å². The highest BCUT2D eigenvalue weighted by Crippen LogP contribution is 2.25. The number of benzene rings is 2. The lowest BCUT2D eigenvalue weighted by Gasteiger charge is -2.21. The third-order valence-corrected chi connectivity index (χ3v) is 4.24. The molecule has 0 bridgehead atoms. The molecule has 2 aromatic carbocycles. The molecule has 1 unspecified atom stereocenters. The third kappa shape index (κ3) is 3.96. The molecule has 0 saturated carbocycles. The van der Waals surface area contributed by atoms with Crippen molar-refractivity contribution in [3.8, 4) is 0 Å². The lowest BCUT2D eigenvalue weighted by molar-refractivity contribution is -0.167. The smallest absolute Gasteiger partial charge is 0.324 e. The quantitative estimate of drug-likeness (QED) is 0.765. The van der Waals surface area contributed by atoms with Gasteiger partial charge in [0.1, 0.15) is 6.04 Å². The normalized spacial score (nSPS) is 14.4. The van der Waals surface area contributed by atoms with Crippen molar-refractivity contribution in [1.29, 1.82) is 0 Å². The van der Waals surface area contributed by atoms with Crippen LogP contribution in [0, 0.1) is 0 Å². The van der Waals surface area contributed by atoms with Gasteiger partial charge in [-0.1, -0.05) is 18.2 Å². The number of hydrogen-bond acceptors (Lipinski definition) is 4. The molecule has 1 heterocycles. The lowest BCUT2D eigenvalue weighted by Crippen LogP contribution is -2.45. The van der Waals surface area contributed by atoms with E-state index in [1.807, 2.05) is 0 Å². The van der Waals surface area contributed by atoms with Crippen LogP contribution in [0.1, 0.15) is 27.6 Å². The van der Waals surface area contributed by atoms with Gasteiger partial charge in [0.25, 0.3) is 11.8 Å². The van der Waals surface area contributed by atoms with Crippen LogP contribution in [0.3, 0.4) is 0 Å². The number of carbonyl (C=O) groups is 4. The average molecular weight is 405 g/mol. The maximum Gasteiger partial charge on any atom is 0.471 e. The van der Waals surface area contributed by atoms with E-state index in [0.717, 1.165) is 11.0 Å². The first kappa shape index (κ1) is 20.1. The van der Waals surface area contributed by atoms with Crippen molar-refractivity contribution in [2.24, 2.45) is 0 Å². The van der Waals surface area contributed by atoms with E-state index in [4.69, 9.17) is 0 Å². The second kappa shape index (κ2) is 7.38. The number of anilines is 2. The van der Waals surface area contributed by atoms with Crippen LogP contribution in [0.4, 0.5) is 24.5 Å². The molecule has 0 radical (unpaired) electrons. The van der Waals surface area contributed by atoms with E-state index in [1.54, 1.807) is 17.4 Å². The van der Waals surface area contributed by atoms with E-state index < -0.39 is 35.8 Å². The first-order chi connectivity index (χ1) is 13.6. The zero-order valence-electron chi connectivity index (χ0n) is 14.9. The van der Waals surface area contributed by atoms with Crippen LogP contribution in [-0.2, 0) is 9.59 Å². The molecule has 0 saturated heterocycles. The largest absolute Gasteiger partial charge is 0.471 e. The summed E-state index contributed by atoms with van der Waals surface area (Å²) in [6.07, 6.45) is -5.06. The minimum Gasteiger partial charge on any atom is -0.324 e. The summed E-state index contributed by atoms with van der Waals surface area (Å²) in [6.45, 7) is 1.35. The Labute approximate surface area is 162 Å². The standard InChI is InChI=1S/C19H14F3N3O4/c1-10(25-16(27)13-7-2-3-8-14(13)17(25)28)15(26)23-11-5-4-6-12(9-11)24-18(29)19(20,21)22/h2-10H,1H3,(H,23,26)(H,24,29). The Bertz CT molecular complexity index is 985. The fraction of sp³-hybridized carbons (Fsp3) is 0.158. The lowest BCUT2D eigenvalue weighted by atomic mass is 10.1. The monoisotopic (exact) mass is 405 g/mol. The van der Waals surface area contributed by atoms with Gasteiger partial charge in [0, 0.05) is 11.4 Å². The predicted octanol–water partition coefficient (Wildman–Crippen LogP) is 2.81. The number of fused-ring (bicyclic) bond motifs is 1. The van der Waals surface area contributed by atoms with Crippen LogP contribution in [-0.4, -0.2) is 40.7 Å². The number of halogens is 3. The van der Waals surface area contributed by atoms with Crippen LogP contribution < -0.4 is 10.6 Å². The Morgan fingerprint density at radius 2 is 1.41 bits per heavy atom. The molecular weight excluding hydrogens is 391 g/mol. The van der Waals surface area contributed by atoms with Crippen LogP contribution in [0.15, 0.2) is 48.5 Å². The van der Waals surface area contributed by atoms with Gasteiger partial charge in [-0.15, -0.1) is 0 Å². The summed E-state index contributed by atoms with van der Waals surface area (Å²) in [4.78, 5) is 49.2. The molecule has 0 fully saturated rings. The average Bonchev–Trinajstić information content (AvgIpc) is 2.91. The van der Waals surface area contributed by atoms with Gasteiger partial charge in [0.2, 0.25) is 5.91 Å². The van der Waals surface area contributed by atoms with Gasteiger partial charge in [0.15, 0.2) is 0 Å². The number of nitrogens with zero attached hydrogens (tertiary/aromatic N) is 1. The number of carbonyl (C=O) groups excluding carboxylic acids is 4. The Kier molecular flexibility index (Phi) is 5.10. The Balaban J connectivity index is 1.73. The fourth-order valence-corrected chi connectivity index (χ4v) is 2.80. The SMILES string of the molecule is CC(C(=O)Nc1cccc(NC(=O)C(F)(F)F)c1)N1C(=O)c2ccccc2C1=O. The number of amides is 4. The van der Waals surface area contributed by atoms with Crippen molar-refractivity contribution in [2.75, 3.05) is 10.6 Å². The Morgan fingerprint density at radius 1 is 0.897 bits per heavy atom. The highest BCUT2D eigenvalue weighted by Gasteiger charge is 2.41. The molecule has 2 aromatic rings. The van der Waals surface area contributed by atoms with Crippen molar-refractivity contribution < 1.29 is 32.3 Å². The van der Waals surface area contributed by atoms with Crippen LogP contribution in [0.2, 0.25) is 0 Å². The first-order valence-electron chi connectivity index (χ1n) is 8.35. The van der Waals surface area contributed by atoms with E-state index in [9.17, 15) is 32.3 Å².